The van der Waals surface area contributed by atoms with Gasteiger partial charge in [-0.25, -0.2) is 4.79 Å². The van der Waals surface area contributed by atoms with Crippen LogP contribution in [-0.2, 0) is 9.59 Å². The van der Waals surface area contributed by atoms with Gasteiger partial charge in [-0.2, -0.15) is 0 Å². The zero-order chi connectivity index (χ0) is 15.7. The quantitative estimate of drug-likeness (QED) is 0.611. The van der Waals surface area contributed by atoms with Gasteiger partial charge in [0.1, 0.15) is 12.1 Å². The summed E-state index contributed by atoms with van der Waals surface area (Å²) in [6.07, 6.45) is 8.62. The lowest BCUT2D eigenvalue weighted by atomic mass is 9.96. The topological polar surface area (TPSA) is 78.5 Å². The Kier molecular flexibility index (Phi) is 4.10. The van der Waals surface area contributed by atoms with Crippen LogP contribution >= 0.6 is 0 Å². The summed E-state index contributed by atoms with van der Waals surface area (Å²) in [5.74, 6) is -0.259. The molecule has 0 spiro atoms. The molecule has 3 aliphatic rings. The van der Waals surface area contributed by atoms with Gasteiger partial charge < -0.3 is 10.6 Å². The molecule has 1 unspecified atom stereocenters. The van der Waals surface area contributed by atoms with Crippen molar-refractivity contribution in [1.82, 2.24) is 15.5 Å². The van der Waals surface area contributed by atoms with Gasteiger partial charge in [-0.05, 0) is 38.5 Å². The zero-order valence-corrected chi connectivity index (χ0v) is 13.2. The van der Waals surface area contributed by atoms with Crippen molar-refractivity contribution in [2.24, 2.45) is 5.92 Å². The lowest BCUT2D eigenvalue weighted by Gasteiger charge is -2.21. The number of carbonyl (C=O) groups is 3. The first-order valence-electron chi connectivity index (χ1n) is 8.44. The number of carbonyl (C=O) groups excluding carboxylic acids is 3. The van der Waals surface area contributed by atoms with Gasteiger partial charge in [-0.3, -0.25) is 14.5 Å². The Balaban J connectivity index is 1.56. The highest BCUT2D eigenvalue weighted by atomic mass is 16.2. The molecule has 22 heavy (non-hydrogen) atoms. The maximum atomic E-state index is 12.5. The van der Waals surface area contributed by atoms with E-state index in [2.05, 4.69) is 10.6 Å². The van der Waals surface area contributed by atoms with Crippen molar-refractivity contribution in [3.8, 4) is 0 Å². The van der Waals surface area contributed by atoms with Crippen LogP contribution in [-0.4, -0.2) is 40.9 Å². The van der Waals surface area contributed by atoms with Crippen molar-refractivity contribution in [2.45, 2.75) is 69.9 Å². The molecule has 4 amide bonds. The average molecular weight is 307 g/mol. The van der Waals surface area contributed by atoms with Gasteiger partial charge >= 0.3 is 6.03 Å². The molecule has 122 valence electrons. The van der Waals surface area contributed by atoms with Crippen molar-refractivity contribution in [1.29, 1.82) is 0 Å². The predicted octanol–water partition coefficient (Wildman–Crippen LogP) is 1.55. The monoisotopic (exact) mass is 307 g/mol. The lowest BCUT2D eigenvalue weighted by molar-refractivity contribution is -0.135. The van der Waals surface area contributed by atoms with Crippen LogP contribution in [0.3, 0.4) is 0 Å². The van der Waals surface area contributed by atoms with Gasteiger partial charge in [0, 0.05) is 6.04 Å². The second-order valence-electron chi connectivity index (χ2n) is 7.05. The Morgan fingerprint density at radius 2 is 1.82 bits per heavy atom. The van der Waals surface area contributed by atoms with E-state index in [1.165, 1.54) is 12.8 Å². The third-order valence-corrected chi connectivity index (χ3v) is 5.22. The van der Waals surface area contributed by atoms with Gasteiger partial charge in [-0.1, -0.05) is 25.7 Å². The van der Waals surface area contributed by atoms with Crippen molar-refractivity contribution in [2.75, 3.05) is 6.54 Å². The van der Waals surface area contributed by atoms with Crippen LogP contribution in [0.25, 0.3) is 0 Å². The number of urea groups is 1. The summed E-state index contributed by atoms with van der Waals surface area (Å²) in [7, 11) is 0. The fourth-order valence-corrected chi connectivity index (χ4v) is 3.64. The van der Waals surface area contributed by atoms with Crippen LogP contribution in [0.4, 0.5) is 4.79 Å². The molecule has 1 atom stereocenters. The van der Waals surface area contributed by atoms with Crippen LogP contribution in [0.1, 0.15) is 58.3 Å². The molecule has 6 nitrogen and oxygen atoms in total. The van der Waals surface area contributed by atoms with Gasteiger partial charge in [0.05, 0.1) is 0 Å². The molecule has 6 heteroatoms. The highest BCUT2D eigenvalue weighted by Gasteiger charge is 2.56. The highest BCUT2D eigenvalue weighted by Crippen LogP contribution is 2.42. The molecular formula is C16H25N3O3. The molecule has 1 heterocycles. The zero-order valence-electron chi connectivity index (χ0n) is 13.2. The summed E-state index contributed by atoms with van der Waals surface area (Å²) < 4.78 is 0. The summed E-state index contributed by atoms with van der Waals surface area (Å²) in [5, 5.41) is 5.75. The Morgan fingerprint density at radius 1 is 1.18 bits per heavy atom. The first-order chi connectivity index (χ1) is 10.5. The van der Waals surface area contributed by atoms with Crippen LogP contribution in [0.2, 0.25) is 0 Å². The molecule has 3 fully saturated rings. The first-order valence-corrected chi connectivity index (χ1v) is 8.44. The van der Waals surface area contributed by atoms with E-state index in [1.54, 1.807) is 6.92 Å². The van der Waals surface area contributed by atoms with E-state index >= 15 is 0 Å². The molecular weight excluding hydrogens is 282 g/mol. The minimum absolute atomic E-state index is 0.163. The van der Waals surface area contributed by atoms with E-state index < -0.39 is 11.6 Å². The number of imide groups is 1. The van der Waals surface area contributed by atoms with E-state index in [9.17, 15) is 14.4 Å². The maximum Gasteiger partial charge on any atom is 0.325 e. The number of nitrogens with zero attached hydrogens (tertiary/aromatic N) is 1. The van der Waals surface area contributed by atoms with Crippen LogP contribution in [0, 0.1) is 5.92 Å². The molecule has 0 bridgehead atoms. The number of rotatable bonds is 4. The normalized spacial score (nSPS) is 30.1. The maximum absolute atomic E-state index is 12.5. The molecule has 0 aromatic carbocycles. The minimum atomic E-state index is -0.806. The fraction of sp³-hybridized carbons (Fsp3) is 0.812. The second-order valence-corrected chi connectivity index (χ2v) is 7.05. The van der Waals surface area contributed by atoms with Crippen LogP contribution < -0.4 is 10.6 Å². The molecule has 0 aromatic heterocycles. The van der Waals surface area contributed by atoms with E-state index in [0.717, 1.165) is 43.4 Å². The highest BCUT2D eigenvalue weighted by molar-refractivity contribution is 6.09. The first kappa shape index (κ1) is 15.3. The Bertz CT molecular complexity index is 481. The lowest BCUT2D eigenvalue weighted by Crippen LogP contribution is -2.47. The van der Waals surface area contributed by atoms with Gasteiger partial charge in [-0.15, -0.1) is 0 Å². The molecule has 2 N–H and O–H groups in total. The van der Waals surface area contributed by atoms with E-state index in [4.69, 9.17) is 0 Å². The molecule has 2 aliphatic carbocycles. The summed E-state index contributed by atoms with van der Waals surface area (Å²) in [4.78, 5) is 37.7. The standard InChI is InChI=1S/C16H25N3O3/c1-16(11-8-9-11)14(21)19(15(22)18-16)10-13(20)17-12-6-4-2-3-5-7-12/h11-12H,2-10H2,1H3,(H,17,20)(H,18,22). The van der Waals surface area contributed by atoms with Crippen molar-refractivity contribution < 1.29 is 14.4 Å². The minimum Gasteiger partial charge on any atom is -0.352 e. The number of hydrogen-bond acceptors (Lipinski definition) is 3. The molecule has 1 saturated heterocycles. The second kappa shape index (κ2) is 5.89. The summed E-state index contributed by atoms with van der Waals surface area (Å²) in [6, 6.07) is -0.249. The van der Waals surface area contributed by atoms with Crippen LogP contribution in [0.15, 0.2) is 0 Å². The molecule has 2 saturated carbocycles. The molecule has 1 aliphatic heterocycles. The number of amides is 4. The largest absolute Gasteiger partial charge is 0.352 e. The molecule has 3 rings (SSSR count). The van der Waals surface area contributed by atoms with Gasteiger partial charge in [0.25, 0.3) is 5.91 Å². The fourth-order valence-electron chi connectivity index (χ4n) is 3.64. The third-order valence-electron chi connectivity index (χ3n) is 5.22. The summed E-state index contributed by atoms with van der Waals surface area (Å²) in [6.45, 7) is 1.61. The Labute approximate surface area is 131 Å². The summed E-state index contributed by atoms with van der Waals surface area (Å²) in [5.41, 5.74) is -0.806. The van der Waals surface area contributed by atoms with Crippen LogP contribution in [0.5, 0.6) is 0 Å². The Hall–Kier alpha value is -1.59. The number of nitrogens with one attached hydrogen (secondary N) is 2. The van der Waals surface area contributed by atoms with Crippen molar-refractivity contribution >= 4 is 17.8 Å². The Morgan fingerprint density at radius 3 is 2.41 bits per heavy atom. The smallest absolute Gasteiger partial charge is 0.325 e. The van der Waals surface area contributed by atoms with E-state index in [1.807, 2.05) is 0 Å². The molecule has 0 aromatic rings. The van der Waals surface area contributed by atoms with Gasteiger partial charge in [0.2, 0.25) is 5.91 Å². The van der Waals surface area contributed by atoms with Gasteiger partial charge in [0.15, 0.2) is 0 Å². The molecule has 0 radical (unpaired) electrons. The van der Waals surface area contributed by atoms with E-state index in [-0.39, 0.29) is 30.3 Å². The summed E-state index contributed by atoms with van der Waals surface area (Å²) >= 11 is 0. The van der Waals surface area contributed by atoms with Crippen molar-refractivity contribution in [3.05, 3.63) is 0 Å². The SMILES string of the molecule is CC1(C2CC2)NC(=O)N(CC(=O)NC2CCCCCC2)C1=O. The third kappa shape index (κ3) is 2.96. The number of hydrogen-bond donors (Lipinski definition) is 2. The van der Waals surface area contributed by atoms with Crippen molar-refractivity contribution in [3.63, 3.8) is 0 Å². The average Bonchev–Trinajstić information content (AvgIpc) is 3.28. The predicted molar refractivity (Wildman–Crippen MR) is 81.0 cm³/mol. The van der Waals surface area contributed by atoms with E-state index in [0.29, 0.717) is 0 Å².